The molecule has 3 rings (SSSR count). The van der Waals surface area contributed by atoms with Crippen LogP contribution in [0, 0.1) is 0 Å². The van der Waals surface area contributed by atoms with Crippen LogP contribution < -0.4 is 10.5 Å². The summed E-state index contributed by atoms with van der Waals surface area (Å²) in [6.07, 6.45) is 3.38. The maximum Gasteiger partial charge on any atom is 0.153 e. The quantitative estimate of drug-likeness (QED) is 0.686. The topological polar surface area (TPSA) is 61.3 Å². The number of furan rings is 1. The van der Waals surface area contributed by atoms with Crippen LogP contribution in [0.2, 0.25) is 0 Å². The third-order valence-electron chi connectivity index (χ3n) is 3.22. The largest absolute Gasteiger partial charge is 0.491 e. The minimum atomic E-state index is 0.675. The predicted molar refractivity (Wildman–Crippen MR) is 89.3 cm³/mol. The number of ether oxygens (including phenoxy) is 1. The number of benzene rings is 1. The van der Waals surface area contributed by atoms with Crippen LogP contribution in [-0.4, -0.2) is 11.6 Å². The summed E-state index contributed by atoms with van der Waals surface area (Å²) in [4.78, 5) is 4.60. The Morgan fingerprint density at radius 2 is 2.23 bits per heavy atom. The van der Waals surface area contributed by atoms with Crippen LogP contribution in [0.5, 0.6) is 5.75 Å². The Kier molecular flexibility index (Phi) is 4.44. The minimum absolute atomic E-state index is 0.675. The van der Waals surface area contributed by atoms with Gasteiger partial charge in [-0.1, -0.05) is 13.0 Å². The SMILES string of the molecule is CCCOc1ccc(Cc2nc(-c3ccco3)cs2)cc1N. The van der Waals surface area contributed by atoms with Crippen LogP contribution in [-0.2, 0) is 6.42 Å². The van der Waals surface area contributed by atoms with E-state index in [1.54, 1.807) is 17.6 Å². The molecule has 2 aromatic heterocycles. The van der Waals surface area contributed by atoms with E-state index in [-0.39, 0.29) is 0 Å². The Labute approximate surface area is 133 Å². The molecule has 0 radical (unpaired) electrons. The van der Waals surface area contributed by atoms with Gasteiger partial charge in [0.15, 0.2) is 5.76 Å². The lowest BCUT2D eigenvalue weighted by atomic mass is 10.1. The number of anilines is 1. The molecule has 0 aliphatic carbocycles. The zero-order valence-electron chi connectivity index (χ0n) is 12.4. The molecule has 0 atom stereocenters. The lowest BCUT2D eigenvalue weighted by molar-refractivity contribution is 0.319. The summed E-state index contributed by atoms with van der Waals surface area (Å²) >= 11 is 1.62. The van der Waals surface area contributed by atoms with E-state index in [1.165, 1.54) is 0 Å². The van der Waals surface area contributed by atoms with Crippen molar-refractivity contribution in [3.05, 3.63) is 52.5 Å². The van der Waals surface area contributed by atoms with Crippen molar-refractivity contribution in [2.45, 2.75) is 19.8 Å². The van der Waals surface area contributed by atoms with Gasteiger partial charge in [-0.15, -0.1) is 11.3 Å². The van der Waals surface area contributed by atoms with E-state index in [0.717, 1.165) is 40.6 Å². The predicted octanol–water partition coefficient (Wildman–Crippen LogP) is 4.36. The monoisotopic (exact) mass is 314 g/mol. The molecule has 0 bridgehead atoms. The molecule has 0 aliphatic heterocycles. The summed E-state index contributed by atoms with van der Waals surface area (Å²) in [5, 5.41) is 3.05. The van der Waals surface area contributed by atoms with Crippen molar-refractivity contribution in [2.75, 3.05) is 12.3 Å². The van der Waals surface area contributed by atoms with Crippen LogP contribution in [0.15, 0.2) is 46.4 Å². The molecule has 22 heavy (non-hydrogen) atoms. The zero-order chi connectivity index (χ0) is 15.4. The van der Waals surface area contributed by atoms with Crippen molar-refractivity contribution in [1.29, 1.82) is 0 Å². The minimum Gasteiger partial charge on any atom is -0.491 e. The summed E-state index contributed by atoms with van der Waals surface area (Å²) in [6, 6.07) is 9.70. The molecule has 2 heterocycles. The van der Waals surface area contributed by atoms with E-state index in [1.807, 2.05) is 35.7 Å². The molecule has 0 aliphatic rings. The smallest absolute Gasteiger partial charge is 0.153 e. The van der Waals surface area contributed by atoms with Crippen LogP contribution in [0.3, 0.4) is 0 Å². The van der Waals surface area contributed by atoms with Gasteiger partial charge in [-0.25, -0.2) is 4.98 Å². The summed E-state index contributed by atoms with van der Waals surface area (Å²) in [6.45, 7) is 2.76. The maximum absolute atomic E-state index is 6.04. The van der Waals surface area contributed by atoms with Crippen molar-refractivity contribution in [1.82, 2.24) is 4.98 Å². The highest BCUT2D eigenvalue weighted by Crippen LogP contribution is 2.27. The maximum atomic E-state index is 6.04. The van der Waals surface area contributed by atoms with Crippen molar-refractivity contribution in [2.24, 2.45) is 0 Å². The lowest BCUT2D eigenvalue weighted by Gasteiger charge is -2.09. The molecule has 114 valence electrons. The molecule has 5 heteroatoms. The number of aromatic nitrogens is 1. The molecule has 0 amide bonds. The number of hydrogen-bond acceptors (Lipinski definition) is 5. The van der Waals surface area contributed by atoms with E-state index in [9.17, 15) is 0 Å². The van der Waals surface area contributed by atoms with Crippen molar-refractivity contribution < 1.29 is 9.15 Å². The summed E-state index contributed by atoms with van der Waals surface area (Å²) in [5.74, 6) is 1.55. The van der Waals surface area contributed by atoms with E-state index in [2.05, 4.69) is 11.9 Å². The number of nitrogens with zero attached hydrogens (tertiary/aromatic N) is 1. The Balaban J connectivity index is 1.72. The fraction of sp³-hybridized carbons (Fsp3) is 0.235. The summed E-state index contributed by atoms with van der Waals surface area (Å²) in [7, 11) is 0. The third-order valence-corrected chi connectivity index (χ3v) is 4.07. The van der Waals surface area contributed by atoms with Gasteiger partial charge in [-0.05, 0) is 36.2 Å². The Hall–Kier alpha value is -2.27. The van der Waals surface area contributed by atoms with Crippen LogP contribution in [0.1, 0.15) is 23.9 Å². The second-order valence-electron chi connectivity index (χ2n) is 5.00. The highest BCUT2D eigenvalue weighted by molar-refractivity contribution is 7.10. The van der Waals surface area contributed by atoms with Crippen molar-refractivity contribution in [3.8, 4) is 17.2 Å². The number of thiazole rings is 1. The van der Waals surface area contributed by atoms with Gasteiger partial charge in [0.1, 0.15) is 11.4 Å². The molecular weight excluding hydrogens is 296 g/mol. The summed E-state index contributed by atoms with van der Waals surface area (Å²) < 4.78 is 11.0. The van der Waals surface area contributed by atoms with E-state index >= 15 is 0 Å². The van der Waals surface area contributed by atoms with Gasteiger partial charge < -0.3 is 14.9 Å². The first kappa shape index (κ1) is 14.7. The van der Waals surface area contributed by atoms with Gasteiger partial charge >= 0.3 is 0 Å². The lowest BCUT2D eigenvalue weighted by Crippen LogP contribution is -2.00. The molecule has 4 nitrogen and oxygen atoms in total. The van der Waals surface area contributed by atoms with Gasteiger partial charge in [-0.2, -0.15) is 0 Å². The first-order chi connectivity index (χ1) is 10.8. The second kappa shape index (κ2) is 6.66. The first-order valence-electron chi connectivity index (χ1n) is 7.25. The molecule has 2 N–H and O–H groups in total. The molecule has 0 fully saturated rings. The van der Waals surface area contributed by atoms with Crippen molar-refractivity contribution in [3.63, 3.8) is 0 Å². The normalized spacial score (nSPS) is 10.8. The van der Waals surface area contributed by atoms with Crippen molar-refractivity contribution >= 4 is 17.0 Å². The summed E-state index contributed by atoms with van der Waals surface area (Å²) in [5.41, 5.74) is 8.72. The Morgan fingerprint density at radius 3 is 2.95 bits per heavy atom. The molecule has 0 unspecified atom stereocenters. The first-order valence-corrected chi connectivity index (χ1v) is 8.13. The molecule has 0 saturated carbocycles. The van der Waals surface area contributed by atoms with Crippen LogP contribution in [0.25, 0.3) is 11.5 Å². The number of nitrogen functional groups attached to an aromatic ring is 1. The molecule has 1 aromatic carbocycles. The van der Waals surface area contributed by atoms with Gasteiger partial charge in [0.25, 0.3) is 0 Å². The van der Waals surface area contributed by atoms with E-state index in [4.69, 9.17) is 14.9 Å². The molecule has 0 spiro atoms. The molecular formula is C17H18N2O2S. The molecule has 0 saturated heterocycles. The second-order valence-corrected chi connectivity index (χ2v) is 5.94. The van der Waals surface area contributed by atoms with E-state index < -0.39 is 0 Å². The van der Waals surface area contributed by atoms with Gasteiger partial charge in [-0.3, -0.25) is 0 Å². The third kappa shape index (κ3) is 3.31. The standard InChI is InChI=1S/C17H18N2O2S/c1-2-7-20-15-6-5-12(9-13(15)18)10-17-19-14(11-22-17)16-4-3-8-21-16/h3-6,8-9,11H,2,7,10,18H2,1H3. The Morgan fingerprint density at radius 1 is 1.32 bits per heavy atom. The zero-order valence-corrected chi connectivity index (χ0v) is 13.2. The van der Waals surface area contributed by atoms with E-state index in [0.29, 0.717) is 12.3 Å². The Bertz CT molecular complexity index is 735. The van der Waals surface area contributed by atoms with Crippen LogP contribution >= 0.6 is 11.3 Å². The number of rotatable bonds is 6. The highest BCUT2D eigenvalue weighted by atomic mass is 32.1. The number of nitrogens with two attached hydrogens (primary N) is 1. The van der Waals surface area contributed by atoms with Gasteiger partial charge in [0.2, 0.25) is 0 Å². The van der Waals surface area contributed by atoms with Gasteiger partial charge in [0, 0.05) is 11.8 Å². The molecule has 3 aromatic rings. The van der Waals surface area contributed by atoms with Crippen LogP contribution in [0.4, 0.5) is 5.69 Å². The fourth-order valence-electron chi connectivity index (χ4n) is 2.16. The average Bonchev–Trinajstić information content (AvgIpc) is 3.17. The highest BCUT2D eigenvalue weighted by Gasteiger charge is 2.09. The van der Waals surface area contributed by atoms with Gasteiger partial charge in [0.05, 0.1) is 23.6 Å². The fourth-order valence-corrected chi connectivity index (χ4v) is 2.97. The average molecular weight is 314 g/mol. The number of hydrogen-bond donors (Lipinski definition) is 1.